The molecule has 4 atom stereocenters. The van der Waals surface area contributed by atoms with Crippen molar-refractivity contribution in [2.75, 3.05) is 13.2 Å². The zero-order chi connectivity index (χ0) is 16.7. The van der Waals surface area contributed by atoms with Gasteiger partial charge in [0.05, 0.1) is 5.02 Å². The van der Waals surface area contributed by atoms with Crippen molar-refractivity contribution in [3.63, 3.8) is 0 Å². The van der Waals surface area contributed by atoms with Crippen molar-refractivity contribution in [2.24, 2.45) is 5.41 Å². The van der Waals surface area contributed by atoms with Crippen LogP contribution in [0.3, 0.4) is 0 Å². The number of rotatable bonds is 3. The maximum absolute atomic E-state index is 13.0. The summed E-state index contributed by atoms with van der Waals surface area (Å²) in [4.78, 5) is 15.1. The van der Waals surface area contributed by atoms with E-state index in [9.17, 15) is 4.79 Å². The van der Waals surface area contributed by atoms with Gasteiger partial charge in [-0.3, -0.25) is 4.79 Å². The second-order valence-electron chi connectivity index (χ2n) is 7.64. The van der Waals surface area contributed by atoms with Crippen LogP contribution in [0.2, 0.25) is 5.02 Å². The molecule has 5 heteroatoms. The molecule has 0 spiro atoms. The van der Waals surface area contributed by atoms with Gasteiger partial charge in [-0.1, -0.05) is 43.5 Å². The average molecular weight is 349 g/mol. The molecule has 1 aliphatic carbocycles. The first-order valence-electron chi connectivity index (χ1n) is 9.01. The van der Waals surface area contributed by atoms with E-state index in [1.54, 1.807) is 6.07 Å². The van der Waals surface area contributed by atoms with Crippen LogP contribution in [0.4, 0.5) is 0 Å². The van der Waals surface area contributed by atoms with E-state index in [1.165, 1.54) is 19.3 Å². The first-order chi connectivity index (χ1) is 11.6. The second kappa shape index (κ2) is 6.23. The molecule has 0 aromatic heterocycles. The number of hydrogen-bond donors (Lipinski definition) is 1. The number of hydrogen-bond acceptors (Lipinski definition) is 3. The number of carbonyl (C=O) groups is 1. The summed E-state index contributed by atoms with van der Waals surface area (Å²) in [6, 6.07) is 8.51. The number of likely N-dealkylation sites (tertiary alicyclic amines) is 1. The molecule has 130 valence electrons. The molecule has 1 aromatic rings. The van der Waals surface area contributed by atoms with Crippen LogP contribution in [0.25, 0.3) is 0 Å². The number of nitrogens with one attached hydrogen (secondary N) is 1. The van der Waals surface area contributed by atoms with Crippen LogP contribution in [0.1, 0.15) is 39.0 Å². The summed E-state index contributed by atoms with van der Waals surface area (Å²) >= 11 is 6.12. The smallest absolute Gasteiger partial charge is 0.261 e. The SMILES string of the molecule is C[C@@]12C[C@H]3CN[C@@H]1CCCC[C@@H]2N3C(=O)COc1ccccc1Cl. The lowest BCUT2D eigenvalue weighted by Gasteiger charge is -2.39. The fourth-order valence-electron chi connectivity index (χ4n) is 5.11. The Kier molecular flexibility index (Phi) is 4.21. The first kappa shape index (κ1) is 16.2. The quantitative estimate of drug-likeness (QED) is 0.911. The van der Waals surface area contributed by atoms with Crippen LogP contribution in [-0.4, -0.2) is 42.1 Å². The number of fused-ring (bicyclic) bond motifs is 1. The highest BCUT2D eigenvalue weighted by Crippen LogP contribution is 2.50. The van der Waals surface area contributed by atoms with Gasteiger partial charge in [-0.25, -0.2) is 0 Å². The maximum Gasteiger partial charge on any atom is 0.261 e. The zero-order valence-corrected chi connectivity index (χ0v) is 14.9. The van der Waals surface area contributed by atoms with E-state index in [1.807, 2.05) is 18.2 Å². The van der Waals surface area contributed by atoms with Gasteiger partial charge in [-0.05, 0) is 31.4 Å². The molecule has 2 heterocycles. The Balaban J connectivity index is 1.51. The third-order valence-corrected chi connectivity index (χ3v) is 6.57. The van der Waals surface area contributed by atoms with Gasteiger partial charge in [0.2, 0.25) is 0 Å². The Bertz CT molecular complexity index is 638. The van der Waals surface area contributed by atoms with Gasteiger partial charge in [0.15, 0.2) is 6.61 Å². The highest BCUT2D eigenvalue weighted by Gasteiger charge is 2.57. The topological polar surface area (TPSA) is 41.6 Å². The molecule has 4 nitrogen and oxygen atoms in total. The number of benzene rings is 1. The fraction of sp³-hybridized carbons (Fsp3) is 0.632. The highest BCUT2D eigenvalue weighted by molar-refractivity contribution is 6.32. The lowest BCUT2D eigenvalue weighted by atomic mass is 9.72. The number of para-hydroxylation sites is 1. The maximum atomic E-state index is 13.0. The minimum Gasteiger partial charge on any atom is -0.482 e. The van der Waals surface area contributed by atoms with Gasteiger partial charge < -0.3 is 15.0 Å². The number of nitrogens with zero attached hydrogens (tertiary/aromatic N) is 1. The Morgan fingerprint density at radius 1 is 1.38 bits per heavy atom. The largest absolute Gasteiger partial charge is 0.482 e. The second-order valence-corrected chi connectivity index (χ2v) is 8.05. The molecule has 2 saturated heterocycles. The van der Waals surface area contributed by atoms with Gasteiger partial charge in [0, 0.05) is 30.1 Å². The van der Waals surface area contributed by atoms with E-state index in [2.05, 4.69) is 17.1 Å². The van der Waals surface area contributed by atoms with E-state index in [4.69, 9.17) is 16.3 Å². The number of amides is 1. The molecule has 3 fully saturated rings. The van der Waals surface area contributed by atoms with Crippen molar-refractivity contribution >= 4 is 17.5 Å². The number of ether oxygens (including phenoxy) is 1. The zero-order valence-electron chi connectivity index (χ0n) is 14.1. The molecule has 2 bridgehead atoms. The van der Waals surface area contributed by atoms with E-state index in [-0.39, 0.29) is 17.9 Å². The molecule has 4 rings (SSSR count). The molecule has 0 radical (unpaired) electrons. The Morgan fingerprint density at radius 2 is 2.17 bits per heavy atom. The fourth-order valence-corrected chi connectivity index (χ4v) is 5.30. The summed E-state index contributed by atoms with van der Waals surface area (Å²) in [6.45, 7) is 3.35. The Labute approximate surface area is 148 Å². The molecule has 24 heavy (non-hydrogen) atoms. The minimum absolute atomic E-state index is 0.0669. The third kappa shape index (κ3) is 2.60. The van der Waals surface area contributed by atoms with Crippen LogP contribution in [0.15, 0.2) is 24.3 Å². The first-order valence-corrected chi connectivity index (χ1v) is 9.39. The third-order valence-electron chi connectivity index (χ3n) is 6.26. The molecule has 1 saturated carbocycles. The molecule has 2 aliphatic heterocycles. The normalized spacial score (nSPS) is 34.8. The Hall–Kier alpha value is -1.26. The van der Waals surface area contributed by atoms with E-state index in [0.29, 0.717) is 28.9 Å². The summed E-state index contributed by atoms with van der Waals surface area (Å²) in [5.41, 5.74) is 0.208. The molecular formula is C19H25ClN2O2. The van der Waals surface area contributed by atoms with Crippen LogP contribution in [0, 0.1) is 5.41 Å². The Morgan fingerprint density at radius 3 is 3.00 bits per heavy atom. The predicted octanol–water partition coefficient (Wildman–Crippen LogP) is 3.24. The van der Waals surface area contributed by atoms with Crippen molar-refractivity contribution in [1.82, 2.24) is 10.2 Å². The predicted molar refractivity (Wildman–Crippen MR) is 94.4 cm³/mol. The minimum atomic E-state index is 0.0669. The summed E-state index contributed by atoms with van der Waals surface area (Å²) in [6.07, 6.45) is 5.93. The van der Waals surface area contributed by atoms with E-state index in [0.717, 1.165) is 19.4 Å². The average Bonchev–Trinajstić information content (AvgIpc) is 2.69. The monoisotopic (exact) mass is 348 g/mol. The van der Waals surface area contributed by atoms with Crippen LogP contribution < -0.4 is 10.1 Å². The summed E-state index contributed by atoms with van der Waals surface area (Å²) in [7, 11) is 0. The van der Waals surface area contributed by atoms with Crippen LogP contribution in [-0.2, 0) is 4.79 Å². The highest BCUT2D eigenvalue weighted by atomic mass is 35.5. The van der Waals surface area contributed by atoms with E-state index < -0.39 is 0 Å². The lowest BCUT2D eigenvalue weighted by molar-refractivity contribution is -0.136. The van der Waals surface area contributed by atoms with Gasteiger partial charge in [-0.2, -0.15) is 0 Å². The summed E-state index contributed by atoms with van der Waals surface area (Å²) < 4.78 is 5.72. The number of halogens is 1. The van der Waals surface area contributed by atoms with Gasteiger partial charge in [-0.15, -0.1) is 0 Å². The van der Waals surface area contributed by atoms with Gasteiger partial charge in [0.25, 0.3) is 5.91 Å². The molecule has 0 unspecified atom stereocenters. The van der Waals surface area contributed by atoms with Crippen molar-refractivity contribution < 1.29 is 9.53 Å². The van der Waals surface area contributed by atoms with Crippen molar-refractivity contribution in [1.29, 1.82) is 0 Å². The standard InChI is InChI=1S/C19H25ClN2O2/c1-19-10-13-11-21-16(19)8-4-5-9-17(19)22(13)18(23)12-24-15-7-3-2-6-14(15)20/h2-3,6-7,13,16-17,21H,4-5,8-12H2,1H3/t13-,16+,17-,19+/m0/s1. The van der Waals surface area contributed by atoms with Crippen molar-refractivity contribution in [3.05, 3.63) is 29.3 Å². The van der Waals surface area contributed by atoms with Gasteiger partial charge in [0.1, 0.15) is 5.75 Å². The molecule has 1 aromatic carbocycles. The van der Waals surface area contributed by atoms with Gasteiger partial charge >= 0.3 is 0 Å². The summed E-state index contributed by atoms with van der Waals surface area (Å²) in [5.74, 6) is 0.677. The van der Waals surface area contributed by atoms with Crippen molar-refractivity contribution in [2.45, 2.75) is 57.2 Å². The van der Waals surface area contributed by atoms with Crippen molar-refractivity contribution in [3.8, 4) is 5.75 Å². The molecule has 3 aliphatic rings. The lowest BCUT2D eigenvalue weighted by Crippen LogP contribution is -2.51. The number of carbonyl (C=O) groups excluding carboxylic acids is 1. The van der Waals surface area contributed by atoms with Crippen LogP contribution in [0.5, 0.6) is 5.75 Å². The van der Waals surface area contributed by atoms with E-state index >= 15 is 0 Å². The number of piperidine rings is 1. The molecular weight excluding hydrogens is 324 g/mol. The molecule has 1 N–H and O–H groups in total. The van der Waals surface area contributed by atoms with Crippen LogP contribution >= 0.6 is 11.6 Å². The summed E-state index contributed by atoms with van der Waals surface area (Å²) in [5, 5.41) is 4.25. The molecule has 1 amide bonds.